The molecule has 19 nitrogen and oxygen atoms in total. The van der Waals surface area contributed by atoms with Crippen LogP contribution < -0.4 is 20.9 Å². The largest absolute Gasteiger partial charge is 0.507 e. The van der Waals surface area contributed by atoms with Crippen molar-refractivity contribution in [2.45, 2.75) is 146 Å². The van der Waals surface area contributed by atoms with Crippen LogP contribution in [0.2, 0.25) is 0 Å². The molecule has 2 aromatic carbocycles. The van der Waals surface area contributed by atoms with Crippen molar-refractivity contribution in [3.63, 3.8) is 0 Å². The summed E-state index contributed by atoms with van der Waals surface area (Å²) < 4.78 is 14.8. The van der Waals surface area contributed by atoms with E-state index >= 15 is 0 Å². The van der Waals surface area contributed by atoms with Gasteiger partial charge in [0.05, 0.1) is 64.1 Å². The number of nitrogens with one attached hydrogen (secondary N) is 1. The number of nitrogen functional groups attached to an aromatic ring is 1. The highest BCUT2D eigenvalue weighted by Gasteiger charge is 2.45. The third-order valence-electron chi connectivity index (χ3n) is 18.2. The average Bonchev–Trinajstić information content (AvgIpc) is 4.33. The van der Waals surface area contributed by atoms with Crippen LogP contribution >= 0.6 is 11.3 Å². The summed E-state index contributed by atoms with van der Waals surface area (Å²) in [4.78, 5) is 45.2. The number of carbonyl (C=O) groups excluding carboxylic acids is 2. The highest BCUT2D eigenvalue weighted by Crippen LogP contribution is 2.40. The molecule has 12 rings (SSSR count). The molecule has 6 aliphatic rings. The van der Waals surface area contributed by atoms with Gasteiger partial charge in [-0.25, -0.2) is 4.98 Å². The number of benzene rings is 2. The van der Waals surface area contributed by atoms with Crippen molar-refractivity contribution < 1.29 is 29.1 Å². The Balaban J connectivity index is 0.560. The maximum absolute atomic E-state index is 14.4. The Kier molecular flexibility index (Phi) is 15.7. The van der Waals surface area contributed by atoms with E-state index in [1.54, 1.807) is 28.4 Å². The van der Waals surface area contributed by atoms with Crippen LogP contribution in [-0.4, -0.2) is 156 Å². The number of nitrogens with two attached hydrogens (primary N) is 1. The summed E-state index contributed by atoms with van der Waals surface area (Å²) >= 11 is 1.60. The second-order valence-corrected chi connectivity index (χ2v) is 24.8. The number of fused-ring (bicyclic) bond motifs is 2. The lowest BCUT2D eigenvalue weighted by Gasteiger charge is -2.42. The summed E-state index contributed by atoms with van der Waals surface area (Å²) in [5, 5.41) is 42.3. The van der Waals surface area contributed by atoms with Gasteiger partial charge in [0.1, 0.15) is 17.7 Å². The van der Waals surface area contributed by atoms with Crippen molar-refractivity contribution >= 4 is 40.5 Å². The molecule has 0 radical (unpaired) electrons. The lowest BCUT2D eigenvalue weighted by molar-refractivity contribution is -0.141. The molecule has 1 saturated carbocycles. The number of aliphatic hydroxyl groups is 1. The number of β-amino-alcohol motifs (C(OH)–C–C–N with tert-alkyl or cyclic N) is 1. The molecule has 424 valence electrons. The number of rotatable bonds is 17. The first-order chi connectivity index (χ1) is 38.8. The summed E-state index contributed by atoms with van der Waals surface area (Å²) in [6.45, 7) is 15.5. The second kappa shape index (κ2) is 23.2. The fraction of sp³-hybridized carbons (Fsp3) is 0.550. The van der Waals surface area contributed by atoms with E-state index in [2.05, 4.69) is 62.3 Å². The molecular weight excluding hydrogens is 1030 g/mol. The monoisotopic (exact) mass is 1110 g/mol. The smallest absolute Gasteiger partial charge is 0.243 e. The van der Waals surface area contributed by atoms with Gasteiger partial charge in [-0.15, -0.1) is 21.5 Å². The second-order valence-electron chi connectivity index (χ2n) is 23.9. The maximum Gasteiger partial charge on any atom is 0.243 e. The van der Waals surface area contributed by atoms with E-state index < -0.39 is 18.1 Å². The predicted molar refractivity (Wildman–Crippen MR) is 307 cm³/mol. The highest BCUT2D eigenvalue weighted by atomic mass is 32.1. The summed E-state index contributed by atoms with van der Waals surface area (Å²) in [5.74, 6) is 1.14. The van der Waals surface area contributed by atoms with E-state index in [1.807, 2.05) is 81.7 Å². The zero-order valence-electron chi connectivity index (χ0n) is 46.5. The van der Waals surface area contributed by atoms with Crippen LogP contribution in [0.25, 0.3) is 21.7 Å². The number of piperidine rings is 2. The Labute approximate surface area is 472 Å². The summed E-state index contributed by atoms with van der Waals surface area (Å²) in [6.07, 6.45) is 12.8. The van der Waals surface area contributed by atoms with Gasteiger partial charge in [0.15, 0.2) is 17.4 Å². The molecular formula is C60H77N13O6S. The molecule has 20 heteroatoms. The number of hydrogen-bond acceptors (Lipinski definition) is 17. The van der Waals surface area contributed by atoms with E-state index in [-0.39, 0.29) is 48.6 Å². The number of piperazine rings is 1. The highest BCUT2D eigenvalue weighted by molar-refractivity contribution is 7.13. The van der Waals surface area contributed by atoms with Gasteiger partial charge in [-0.2, -0.15) is 5.10 Å². The number of aromatic nitrogens is 6. The Morgan fingerprint density at radius 1 is 0.875 bits per heavy atom. The van der Waals surface area contributed by atoms with Crippen LogP contribution in [0.15, 0.2) is 83.1 Å². The Hall–Kier alpha value is -6.45. The molecule has 5 saturated heterocycles. The SMILES string of the molecule is Cc1ncsc1-c1ccc([C@H](C)NC(=O)[C@@H]2C[C@@H](O)CN2C(=O)[C@@H](c2cc(N3CCC(CN4CCC(OC5CC(n6cc(CN7C8CC[C@@H]7CN(c7cc(-c9ccccc9O)nnc7N)C8)cn6)C5)CC4)CC3)no2)C(C)C)cc1. The topological polar surface area (TPSA) is 221 Å². The number of para-hydroxylation sites is 1. The normalized spacial score (nSPS) is 24.9. The Morgan fingerprint density at radius 3 is 2.34 bits per heavy atom. The number of amides is 2. The first kappa shape index (κ1) is 54.2. The van der Waals surface area contributed by atoms with Crippen molar-refractivity contribution in [3.05, 3.63) is 101 Å². The minimum Gasteiger partial charge on any atom is -0.507 e. The number of ether oxygens (including phenoxy) is 1. The maximum atomic E-state index is 14.4. The Bertz CT molecular complexity index is 3090. The quantitative estimate of drug-likeness (QED) is 0.0691. The number of aromatic hydroxyl groups is 1. The van der Waals surface area contributed by atoms with Crippen molar-refractivity contribution in [2.24, 2.45) is 11.8 Å². The average molecular weight is 1110 g/mol. The van der Waals surface area contributed by atoms with Crippen LogP contribution in [0.5, 0.6) is 5.75 Å². The fourth-order valence-electron chi connectivity index (χ4n) is 13.5. The molecule has 5 aliphatic heterocycles. The van der Waals surface area contributed by atoms with Gasteiger partial charge in [0.2, 0.25) is 11.8 Å². The molecule has 6 aromatic rings. The van der Waals surface area contributed by atoms with Crippen LogP contribution in [-0.2, 0) is 20.9 Å². The zero-order valence-corrected chi connectivity index (χ0v) is 47.3. The van der Waals surface area contributed by atoms with Gasteiger partial charge in [-0.1, -0.05) is 55.4 Å². The number of likely N-dealkylation sites (tertiary alicyclic amines) is 2. The van der Waals surface area contributed by atoms with Gasteiger partial charge in [-0.3, -0.25) is 19.2 Å². The standard InChI is InChI=1S/C60H77N13O6S/c1-36(2)56(60(77)72-34-46(74)25-52(72)59(76)64-37(3)41-9-11-42(12-10-41)57-38(4)62-35-80-57)54-27-55(67-79-54)69-21-15-39(16-22-69)29-68-19-17-47(18-20-68)78-48-23-45(24-48)73-31-40(28-63-73)30-71-43-13-14-44(71)33-70(32-43)51-26-50(65-66-58(51)61)49-7-5-6-8-53(49)75/h5-12,26-28,31,35-37,39,43-48,52,56,74-75H,13-25,29-30,32-34H2,1-4H3,(H2,61,66)(H,64,76)/t37-,43+,44?,45?,46+,48?,52-,56+/m0/s1. The number of aryl methyl sites for hydroxylation is 1. The molecule has 1 unspecified atom stereocenters. The molecule has 4 aromatic heterocycles. The van der Waals surface area contributed by atoms with Crippen LogP contribution in [0.1, 0.15) is 119 Å². The molecule has 6 atom stereocenters. The predicted octanol–water partition coefficient (Wildman–Crippen LogP) is 7.58. The summed E-state index contributed by atoms with van der Waals surface area (Å²) in [6, 6.07) is 19.3. The molecule has 2 bridgehead atoms. The van der Waals surface area contributed by atoms with Gasteiger partial charge < -0.3 is 50.1 Å². The molecule has 6 fully saturated rings. The van der Waals surface area contributed by atoms with Crippen molar-refractivity contribution in [1.29, 1.82) is 0 Å². The van der Waals surface area contributed by atoms with Crippen LogP contribution in [0.4, 0.5) is 17.3 Å². The molecule has 1 aliphatic carbocycles. The minimum absolute atomic E-state index is 0.0885. The lowest BCUT2D eigenvalue weighted by atomic mass is 9.89. The molecule has 2 amide bonds. The van der Waals surface area contributed by atoms with E-state index in [0.29, 0.717) is 53.0 Å². The Morgan fingerprint density at radius 2 is 1.62 bits per heavy atom. The third-order valence-corrected chi connectivity index (χ3v) is 19.2. The number of thiazole rings is 1. The van der Waals surface area contributed by atoms with Crippen molar-refractivity contribution in [2.75, 3.05) is 67.9 Å². The van der Waals surface area contributed by atoms with Gasteiger partial charge in [0, 0.05) is 101 Å². The van der Waals surface area contributed by atoms with Crippen molar-refractivity contribution in [1.82, 2.24) is 50.1 Å². The number of carbonyl (C=O) groups is 2. The summed E-state index contributed by atoms with van der Waals surface area (Å²) in [5.41, 5.74) is 14.7. The van der Waals surface area contributed by atoms with Gasteiger partial charge in [-0.05, 0) is 106 Å². The first-order valence-corrected chi connectivity index (χ1v) is 30.0. The fourth-order valence-corrected chi connectivity index (χ4v) is 14.4. The van der Waals surface area contributed by atoms with E-state index in [4.69, 9.17) is 20.1 Å². The molecule has 0 spiro atoms. The minimum atomic E-state index is -0.799. The van der Waals surface area contributed by atoms with Crippen molar-refractivity contribution in [3.8, 4) is 27.4 Å². The number of hydrogen-bond donors (Lipinski definition) is 4. The third kappa shape index (κ3) is 11.4. The molecule has 5 N–H and O–H groups in total. The number of phenols is 1. The van der Waals surface area contributed by atoms with E-state index in [0.717, 1.165) is 137 Å². The van der Waals surface area contributed by atoms with Gasteiger partial charge in [0.25, 0.3) is 0 Å². The number of nitrogens with zero attached hydrogens (tertiary/aromatic N) is 11. The van der Waals surface area contributed by atoms with E-state index in [1.165, 1.54) is 5.56 Å². The van der Waals surface area contributed by atoms with E-state index in [9.17, 15) is 19.8 Å². The molecule has 9 heterocycles. The zero-order chi connectivity index (χ0) is 55.2. The van der Waals surface area contributed by atoms with Crippen LogP contribution in [0.3, 0.4) is 0 Å². The number of aliphatic hydroxyl groups excluding tert-OH is 1. The summed E-state index contributed by atoms with van der Waals surface area (Å²) in [7, 11) is 0. The van der Waals surface area contributed by atoms with Crippen LogP contribution in [0, 0.1) is 18.8 Å². The number of anilines is 3. The number of phenolic OH excluding ortho intramolecular Hbond substituents is 1. The first-order valence-electron chi connectivity index (χ1n) is 29.1. The lowest BCUT2D eigenvalue weighted by Crippen LogP contribution is -2.53. The van der Waals surface area contributed by atoms with Gasteiger partial charge >= 0.3 is 0 Å². The molecule has 80 heavy (non-hydrogen) atoms.